The number of anilines is 1. The summed E-state index contributed by atoms with van der Waals surface area (Å²) >= 11 is 6.17. The Bertz CT molecular complexity index is 544. The summed E-state index contributed by atoms with van der Waals surface area (Å²) in [5, 5.41) is 0.665. The Hall–Kier alpha value is -1.67. The lowest BCUT2D eigenvalue weighted by molar-refractivity contribution is 0.202. The average Bonchev–Trinajstić information content (AvgIpc) is 2.54. The van der Waals surface area contributed by atoms with Crippen LogP contribution in [0, 0.1) is 0 Å². The highest BCUT2D eigenvalue weighted by Crippen LogP contribution is 2.25. The van der Waals surface area contributed by atoms with Crippen molar-refractivity contribution >= 4 is 17.3 Å². The van der Waals surface area contributed by atoms with E-state index >= 15 is 0 Å². The average molecular weight is 304 g/mol. The summed E-state index contributed by atoms with van der Waals surface area (Å²) in [5.41, 5.74) is 1.22. The topological polar surface area (TPSA) is 12.5 Å². The van der Waals surface area contributed by atoms with E-state index in [9.17, 15) is 0 Å². The molecule has 2 rings (SSSR count). The molecule has 2 aromatic rings. The lowest BCUT2D eigenvalue weighted by atomic mass is 10.2. The molecule has 0 amide bonds. The van der Waals surface area contributed by atoms with Crippen LogP contribution in [-0.2, 0) is 0 Å². The number of likely N-dealkylation sites (N-methyl/N-ethyl adjacent to an activating group) is 1. The molecule has 3 heteroatoms. The molecule has 0 saturated heterocycles. The van der Waals surface area contributed by atoms with Crippen LogP contribution >= 0.6 is 11.6 Å². The summed E-state index contributed by atoms with van der Waals surface area (Å²) in [6.07, 6.45) is 1.05. The molecule has 2 aromatic carbocycles. The number of ether oxygens (including phenoxy) is 1. The van der Waals surface area contributed by atoms with Crippen LogP contribution in [0.15, 0.2) is 54.6 Å². The fourth-order valence-corrected chi connectivity index (χ4v) is 2.45. The van der Waals surface area contributed by atoms with Crippen molar-refractivity contribution in [1.82, 2.24) is 0 Å². The van der Waals surface area contributed by atoms with Crippen molar-refractivity contribution in [3.05, 3.63) is 59.6 Å². The summed E-state index contributed by atoms with van der Waals surface area (Å²) in [6, 6.07) is 18.1. The predicted molar refractivity (Wildman–Crippen MR) is 90.5 cm³/mol. The first-order chi connectivity index (χ1) is 10.2. The van der Waals surface area contributed by atoms with Gasteiger partial charge in [0.05, 0.1) is 11.6 Å². The van der Waals surface area contributed by atoms with Gasteiger partial charge in [0, 0.05) is 12.2 Å². The molecule has 0 aliphatic carbocycles. The van der Waals surface area contributed by atoms with Crippen LogP contribution < -0.4 is 9.64 Å². The van der Waals surface area contributed by atoms with Crippen molar-refractivity contribution in [3.63, 3.8) is 0 Å². The van der Waals surface area contributed by atoms with Gasteiger partial charge in [-0.1, -0.05) is 48.9 Å². The van der Waals surface area contributed by atoms with Crippen molar-refractivity contribution < 1.29 is 4.74 Å². The normalized spacial score (nSPS) is 12.0. The van der Waals surface area contributed by atoms with Gasteiger partial charge in [-0.15, -0.1) is 0 Å². The number of hydrogen-bond donors (Lipinski definition) is 0. The van der Waals surface area contributed by atoms with Gasteiger partial charge >= 0.3 is 0 Å². The zero-order valence-electron chi connectivity index (χ0n) is 12.6. The van der Waals surface area contributed by atoms with E-state index in [2.05, 4.69) is 43.0 Å². The van der Waals surface area contributed by atoms with E-state index in [1.165, 1.54) is 5.69 Å². The first-order valence-electron chi connectivity index (χ1n) is 7.45. The Kier molecular flexibility index (Phi) is 5.94. The highest BCUT2D eigenvalue weighted by atomic mass is 35.5. The SMILES string of the molecule is CCC(CN(CC)c1ccccc1)Oc1ccccc1Cl. The summed E-state index contributed by atoms with van der Waals surface area (Å²) in [5.74, 6) is 0.759. The highest BCUT2D eigenvalue weighted by Gasteiger charge is 2.14. The van der Waals surface area contributed by atoms with Crippen LogP contribution in [-0.4, -0.2) is 19.2 Å². The molecule has 0 bridgehead atoms. The lowest BCUT2D eigenvalue weighted by Gasteiger charge is -2.28. The third-order valence-corrected chi connectivity index (χ3v) is 3.82. The molecule has 2 nitrogen and oxygen atoms in total. The maximum absolute atomic E-state index is 6.17. The van der Waals surface area contributed by atoms with Gasteiger partial charge < -0.3 is 9.64 Å². The zero-order chi connectivity index (χ0) is 15.1. The Labute approximate surface area is 132 Å². The Morgan fingerprint density at radius 1 is 1.00 bits per heavy atom. The van der Waals surface area contributed by atoms with Crippen molar-refractivity contribution in [2.45, 2.75) is 26.4 Å². The van der Waals surface area contributed by atoms with E-state index in [1.54, 1.807) is 0 Å². The van der Waals surface area contributed by atoms with E-state index in [-0.39, 0.29) is 6.10 Å². The van der Waals surface area contributed by atoms with Gasteiger partial charge in [-0.2, -0.15) is 0 Å². The van der Waals surface area contributed by atoms with E-state index in [0.29, 0.717) is 5.02 Å². The Balaban J connectivity index is 2.06. The number of benzene rings is 2. The summed E-state index contributed by atoms with van der Waals surface area (Å²) < 4.78 is 6.07. The Morgan fingerprint density at radius 2 is 1.67 bits per heavy atom. The third-order valence-electron chi connectivity index (χ3n) is 3.51. The van der Waals surface area contributed by atoms with Crippen LogP contribution in [0.5, 0.6) is 5.75 Å². The number of halogens is 1. The first-order valence-corrected chi connectivity index (χ1v) is 7.83. The molecule has 1 unspecified atom stereocenters. The molecule has 0 radical (unpaired) electrons. The minimum atomic E-state index is 0.116. The molecular weight excluding hydrogens is 282 g/mol. The molecule has 0 spiro atoms. The molecule has 0 fully saturated rings. The molecule has 0 aliphatic heterocycles. The van der Waals surface area contributed by atoms with E-state index in [4.69, 9.17) is 16.3 Å². The van der Waals surface area contributed by atoms with Gasteiger partial charge in [0.1, 0.15) is 11.9 Å². The number of rotatable bonds is 7. The molecule has 0 aliphatic rings. The molecule has 0 N–H and O–H groups in total. The molecule has 1 atom stereocenters. The largest absolute Gasteiger partial charge is 0.487 e. The second-order valence-corrected chi connectivity index (χ2v) is 5.36. The predicted octanol–water partition coefficient (Wildman–Crippen LogP) is 5.02. The van der Waals surface area contributed by atoms with Crippen molar-refractivity contribution in [2.75, 3.05) is 18.0 Å². The van der Waals surface area contributed by atoms with Gasteiger partial charge in [0.2, 0.25) is 0 Å². The van der Waals surface area contributed by atoms with Crippen molar-refractivity contribution in [1.29, 1.82) is 0 Å². The molecule has 0 aromatic heterocycles. The van der Waals surface area contributed by atoms with Crippen LogP contribution in [0.3, 0.4) is 0 Å². The van der Waals surface area contributed by atoms with E-state index < -0.39 is 0 Å². The molecule has 0 saturated carbocycles. The smallest absolute Gasteiger partial charge is 0.138 e. The Morgan fingerprint density at radius 3 is 2.29 bits per heavy atom. The van der Waals surface area contributed by atoms with Gasteiger partial charge in [-0.25, -0.2) is 0 Å². The van der Waals surface area contributed by atoms with Crippen molar-refractivity contribution in [3.8, 4) is 5.75 Å². The maximum Gasteiger partial charge on any atom is 0.138 e. The summed E-state index contributed by atoms with van der Waals surface area (Å²) in [6.45, 7) is 6.10. The van der Waals surface area contributed by atoms with Gasteiger partial charge in [-0.05, 0) is 37.6 Å². The van der Waals surface area contributed by atoms with Crippen LogP contribution in [0.25, 0.3) is 0 Å². The summed E-state index contributed by atoms with van der Waals surface area (Å²) in [4.78, 5) is 2.32. The minimum absolute atomic E-state index is 0.116. The number of nitrogens with zero attached hydrogens (tertiary/aromatic N) is 1. The van der Waals surface area contributed by atoms with Crippen LogP contribution in [0.2, 0.25) is 5.02 Å². The fraction of sp³-hybridized carbons (Fsp3) is 0.333. The van der Waals surface area contributed by atoms with E-state index in [0.717, 1.165) is 25.3 Å². The second kappa shape index (κ2) is 7.94. The monoisotopic (exact) mass is 303 g/mol. The van der Waals surface area contributed by atoms with Gasteiger partial charge in [0.25, 0.3) is 0 Å². The van der Waals surface area contributed by atoms with Crippen LogP contribution in [0.4, 0.5) is 5.69 Å². The van der Waals surface area contributed by atoms with Crippen LogP contribution in [0.1, 0.15) is 20.3 Å². The second-order valence-electron chi connectivity index (χ2n) is 4.95. The minimum Gasteiger partial charge on any atom is -0.487 e. The standard InChI is InChI=1S/C18H22ClNO/c1-3-16(21-18-13-9-8-12-17(18)19)14-20(4-2)15-10-6-5-7-11-15/h5-13,16H,3-4,14H2,1-2H3. The quantitative estimate of drug-likeness (QED) is 0.712. The molecule has 21 heavy (non-hydrogen) atoms. The van der Waals surface area contributed by atoms with Crippen molar-refractivity contribution in [2.24, 2.45) is 0 Å². The molecular formula is C18H22ClNO. The molecule has 0 heterocycles. The zero-order valence-corrected chi connectivity index (χ0v) is 13.4. The van der Waals surface area contributed by atoms with E-state index in [1.807, 2.05) is 30.3 Å². The number of para-hydroxylation sites is 2. The fourth-order valence-electron chi connectivity index (χ4n) is 2.27. The molecule has 112 valence electrons. The lowest BCUT2D eigenvalue weighted by Crippen LogP contribution is -2.35. The summed E-state index contributed by atoms with van der Waals surface area (Å²) in [7, 11) is 0. The maximum atomic E-state index is 6.17. The van der Waals surface area contributed by atoms with Gasteiger partial charge in [-0.3, -0.25) is 0 Å². The number of hydrogen-bond acceptors (Lipinski definition) is 2. The third kappa shape index (κ3) is 4.40. The first kappa shape index (κ1) is 15.7. The highest BCUT2D eigenvalue weighted by molar-refractivity contribution is 6.32. The van der Waals surface area contributed by atoms with Gasteiger partial charge in [0.15, 0.2) is 0 Å².